The molecule has 0 aliphatic heterocycles. The van der Waals surface area contributed by atoms with Crippen molar-refractivity contribution in [1.82, 2.24) is 0 Å². The molecule has 0 fully saturated rings. The van der Waals surface area contributed by atoms with Crippen LogP contribution in [0.3, 0.4) is 0 Å². The molecule has 98 valence electrons. The lowest BCUT2D eigenvalue weighted by Crippen LogP contribution is -2.20. The summed E-state index contributed by atoms with van der Waals surface area (Å²) in [6, 6.07) is 9.03. The molecule has 2 aromatic carbocycles. The summed E-state index contributed by atoms with van der Waals surface area (Å²) in [5.74, 6) is -0.956. The first-order valence-corrected chi connectivity index (χ1v) is 6.13. The van der Waals surface area contributed by atoms with Crippen molar-refractivity contribution >= 4 is 33.3 Å². The highest BCUT2D eigenvalue weighted by molar-refractivity contribution is 9.10. The average molecular weight is 327 g/mol. The van der Waals surface area contributed by atoms with Gasteiger partial charge < -0.3 is 10.6 Å². The van der Waals surface area contributed by atoms with Crippen molar-refractivity contribution in [3.05, 3.63) is 58.6 Å². The molecular weight excluding hydrogens is 318 g/mol. The molecule has 0 saturated heterocycles. The Bertz CT molecular complexity index is 619. The molecule has 2 rings (SSSR count). The molecule has 0 bridgehead atoms. The molecule has 0 saturated carbocycles. The van der Waals surface area contributed by atoms with Gasteiger partial charge in [-0.25, -0.2) is 13.6 Å². The summed E-state index contributed by atoms with van der Waals surface area (Å²) in [5.41, 5.74) is 0.452. The van der Waals surface area contributed by atoms with Crippen molar-refractivity contribution in [3.63, 3.8) is 0 Å². The molecule has 0 aliphatic carbocycles. The van der Waals surface area contributed by atoms with Gasteiger partial charge >= 0.3 is 6.03 Å². The molecule has 0 spiro atoms. The van der Waals surface area contributed by atoms with Crippen molar-refractivity contribution in [3.8, 4) is 0 Å². The molecule has 0 heterocycles. The predicted octanol–water partition coefficient (Wildman–Crippen LogP) is 4.37. The van der Waals surface area contributed by atoms with Crippen LogP contribution in [0.25, 0.3) is 0 Å². The Morgan fingerprint density at radius 2 is 1.68 bits per heavy atom. The SMILES string of the molecule is O=C(Nc1ccccc1F)Nc1ccc(F)cc1Br. The summed E-state index contributed by atoms with van der Waals surface area (Å²) in [4.78, 5) is 11.7. The number of anilines is 2. The molecule has 0 aromatic heterocycles. The fourth-order valence-electron chi connectivity index (χ4n) is 1.43. The van der Waals surface area contributed by atoms with Gasteiger partial charge in [-0.05, 0) is 46.3 Å². The van der Waals surface area contributed by atoms with Crippen LogP contribution in [0.1, 0.15) is 0 Å². The number of rotatable bonds is 2. The first-order valence-electron chi connectivity index (χ1n) is 5.34. The number of hydrogen-bond donors (Lipinski definition) is 2. The Balaban J connectivity index is 2.08. The highest BCUT2D eigenvalue weighted by Crippen LogP contribution is 2.23. The predicted molar refractivity (Wildman–Crippen MR) is 73.1 cm³/mol. The van der Waals surface area contributed by atoms with Crippen molar-refractivity contribution in [2.75, 3.05) is 10.6 Å². The molecule has 2 N–H and O–H groups in total. The number of carbonyl (C=O) groups excluding carboxylic acids is 1. The molecule has 19 heavy (non-hydrogen) atoms. The van der Waals surface area contributed by atoms with Gasteiger partial charge in [0.15, 0.2) is 0 Å². The Morgan fingerprint density at radius 3 is 2.37 bits per heavy atom. The van der Waals surface area contributed by atoms with Crippen LogP contribution in [0.2, 0.25) is 0 Å². The second-order valence-electron chi connectivity index (χ2n) is 3.68. The van der Waals surface area contributed by atoms with Gasteiger partial charge in [0.2, 0.25) is 0 Å². The fourth-order valence-corrected chi connectivity index (χ4v) is 1.88. The summed E-state index contributed by atoms with van der Waals surface area (Å²) in [7, 11) is 0. The van der Waals surface area contributed by atoms with E-state index in [4.69, 9.17) is 0 Å². The van der Waals surface area contributed by atoms with Gasteiger partial charge in [0, 0.05) is 4.47 Å². The molecule has 0 radical (unpaired) electrons. The average Bonchev–Trinajstić information content (AvgIpc) is 2.36. The van der Waals surface area contributed by atoms with Gasteiger partial charge in [0.05, 0.1) is 11.4 Å². The molecule has 2 aromatic rings. The summed E-state index contributed by atoms with van der Waals surface area (Å²) in [6.45, 7) is 0. The number of amides is 2. The van der Waals surface area contributed by atoms with Crippen molar-refractivity contribution < 1.29 is 13.6 Å². The number of halogens is 3. The van der Waals surface area contributed by atoms with Crippen LogP contribution in [0.5, 0.6) is 0 Å². The molecule has 0 atom stereocenters. The van der Waals surface area contributed by atoms with E-state index >= 15 is 0 Å². The first-order chi connectivity index (χ1) is 9.06. The number of urea groups is 1. The van der Waals surface area contributed by atoms with Gasteiger partial charge in [-0.1, -0.05) is 12.1 Å². The molecule has 0 aliphatic rings. The number of nitrogens with one attached hydrogen (secondary N) is 2. The van der Waals surface area contributed by atoms with Crippen molar-refractivity contribution in [1.29, 1.82) is 0 Å². The standard InChI is InChI=1S/C13H9BrF2N2O/c14-9-7-8(15)5-6-11(9)17-13(19)18-12-4-2-1-3-10(12)16/h1-7H,(H2,17,18,19). The quantitative estimate of drug-likeness (QED) is 0.845. The van der Waals surface area contributed by atoms with E-state index in [-0.39, 0.29) is 5.69 Å². The monoisotopic (exact) mass is 326 g/mol. The van der Waals surface area contributed by atoms with Crippen LogP contribution in [0.4, 0.5) is 25.0 Å². The second kappa shape index (κ2) is 5.79. The van der Waals surface area contributed by atoms with Crippen LogP contribution in [-0.2, 0) is 0 Å². The normalized spacial score (nSPS) is 10.1. The molecule has 6 heteroatoms. The van der Waals surface area contributed by atoms with E-state index in [9.17, 15) is 13.6 Å². The minimum atomic E-state index is -0.614. The maximum atomic E-state index is 13.3. The van der Waals surface area contributed by atoms with Gasteiger partial charge in [-0.3, -0.25) is 0 Å². The van der Waals surface area contributed by atoms with E-state index in [1.807, 2.05) is 0 Å². The van der Waals surface area contributed by atoms with Crippen LogP contribution in [0.15, 0.2) is 46.9 Å². The molecule has 2 amide bonds. The highest BCUT2D eigenvalue weighted by Gasteiger charge is 2.08. The number of carbonyl (C=O) groups is 1. The highest BCUT2D eigenvalue weighted by atomic mass is 79.9. The zero-order chi connectivity index (χ0) is 13.8. The lowest BCUT2D eigenvalue weighted by Gasteiger charge is -2.09. The number of hydrogen-bond acceptors (Lipinski definition) is 1. The maximum Gasteiger partial charge on any atom is 0.323 e. The largest absolute Gasteiger partial charge is 0.323 e. The van der Waals surface area contributed by atoms with Gasteiger partial charge in [0.1, 0.15) is 11.6 Å². The summed E-state index contributed by atoms with van der Waals surface area (Å²) in [6.07, 6.45) is 0. The Kier molecular flexibility index (Phi) is 4.11. The first kappa shape index (κ1) is 13.5. The lowest BCUT2D eigenvalue weighted by molar-refractivity contribution is 0.262. The van der Waals surface area contributed by atoms with Crippen LogP contribution >= 0.6 is 15.9 Å². The number of benzene rings is 2. The summed E-state index contributed by atoms with van der Waals surface area (Å²) in [5, 5.41) is 4.84. The minimum Gasteiger partial charge on any atom is -0.307 e. The zero-order valence-electron chi connectivity index (χ0n) is 9.58. The maximum absolute atomic E-state index is 13.3. The van der Waals surface area contributed by atoms with Crippen molar-refractivity contribution in [2.45, 2.75) is 0 Å². The summed E-state index contributed by atoms with van der Waals surface area (Å²) < 4.78 is 26.6. The van der Waals surface area contributed by atoms with E-state index in [0.717, 1.165) is 0 Å². The van der Waals surface area contributed by atoms with Crippen LogP contribution in [-0.4, -0.2) is 6.03 Å². The Labute approximate surface area is 116 Å². The van der Waals surface area contributed by atoms with E-state index in [2.05, 4.69) is 26.6 Å². The van der Waals surface area contributed by atoms with Gasteiger partial charge in [-0.15, -0.1) is 0 Å². The fraction of sp³-hybridized carbons (Fsp3) is 0. The van der Waals surface area contributed by atoms with E-state index in [0.29, 0.717) is 10.2 Å². The third-order valence-corrected chi connectivity index (χ3v) is 2.96. The summed E-state index contributed by atoms with van der Waals surface area (Å²) >= 11 is 3.12. The molecule has 0 unspecified atom stereocenters. The third-order valence-electron chi connectivity index (χ3n) is 2.30. The molecular formula is C13H9BrF2N2O. The van der Waals surface area contributed by atoms with E-state index < -0.39 is 17.7 Å². The second-order valence-corrected chi connectivity index (χ2v) is 4.54. The Morgan fingerprint density at radius 1 is 1.00 bits per heavy atom. The van der Waals surface area contributed by atoms with Crippen LogP contribution < -0.4 is 10.6 Å². The Hall–Kier alpha value is -1.95. The van der Waals surface area contributed by atoms with E-state index in [1.54, 1.807) is 6.07 Å². The zero-order valence-corrected chi connectivity index (χ0v) is 11.2. The molecule has 3 nitrogen and oxygen atoms in total. The lowest BCUT2D eigenvalue weighted by atomic mass is 10.3. The number of para-hydroxylation sites is 1. The minimum absolute atomic E-state index is 0.0678. The van der Waals surface area contributed by atoms with Gasteiger partial charge in [-0.2, -0.15) is 0 Å². The smallest absolute Gasteiger partial charge is 0.307 e. The third kappa shape index (κ3) is 3.51. The topological polar surface area (TPSA) is 41.1 Å². The van der Waals surface area contributed by atoms with Gasteiger partial charge in [0.25, 0.3) is 0 Å². The van der Waals surface area contributed by atoms with Crippen LogP contribution in [0, 0.1) is 11.6 Å². The van der Waals surface area contributed by atoms with Crippen molar-refractivity contribution in [2.24, 2.45) is 0 Å². The van der Waals surface area contributed by atoms with E-state index in [1.165, 1.54) is 36.4 Å².